The number of nitrogens with one attached hydrogen (secondary N) is 1. The molecule has 0 aliphatic heterocycles. The van der Waals surface area contributed by atoms with Crippen LogP contribution < -0.4 is 9.62 Å². The lowest BCUT2D eigenvalue weighted by Crippen LogP contribution is -2.52. The lowest BCUT2D eigenvalue weighted by Gasteiger charge is -2.37. The van der Waals surface area contributed by atoms with Crippen LogP contribution in [0.15, 0.2) is 70.4 Å². The van der Waals surface area contributed by atoms with Crippen molar-refractivity contribution < 1.29 is 18.3 Å². The number of benzene rings is 2. The van der Waals surface area contributed by atoms with Gasteiger partial charge in [-0.3, -0.25) is 8.87 Å². The molecule has 0 radical (unpaired) electrons. The number of aliphatic carboxylic acids is 1. The van der Waals surface area contributed by atoms with Gasteiger partial charge in [0.2, 0.25) is 0 Å². The second kappa shape index (κ2) is 12.0. The first-order chi connectivity index (χ1) is 19.2. The van der Waals surface area contributed by atoms with E-state index in [1.807, 2.05) is 30.9 Å². The number of rotatable bonds is 10. The summed E-state index contributed by atoms with van der Waals surface area (Å²) in [6.07, 6.45) is 5.12. The summed E-state index contributed by atoms with van der Waals surface area (Å²) in [4.78, 5) is 23.5. The fourth-order valence-electron chi connectivity index (χ4n) is 4.45. The second-order valence-corrected chi connectivity index (χ2v) is 14.1. The maximum Gasteiger partial charge on any atom is 0.328 e. The predicted octanol–water partition coefficient (Wildman–Crippen LogP) is 5.50. The van der Waals surface area contributed by atoms with Crippen LogP contribution in [0.5, 0.6) is 0 Å². The first-order valence-corrected chi connectivity index (χ1v) is 15.3. The van der Waals surface area contributed by atoms with E-state index in [0.29, 0.717) is 21.5 Å². The van der Waals surface area contributed by atoms with Crippen molar-refractivity contribution in [1.82, 2.24) is 19.4 Å². The molecular weight excluding hydrogens is 632 g/mol. The fourth-order valence-corrected chi connectivity index (χ4v) is 7.38. The zero-order valence-corrected chi connectivity index (χ0v) is 26.5. The monoisotopic (exact) mass is 662 g/mol. The van der Waals surface area contributed by atoms with Gasteiger partial charge in [-0.05, 0) is 62.0 Å². The number of likely N-dealkylation sites (N-methyl/N-ethyl adjacent to an activating group) is 1. The van der Waals surface area contributed by atoms with Gasteiger partial charge < -0.3 is 15.3 Å². The largest absolute Gasteiger partial charge is 0.480 e. The number of carboxylic acids is 1. The third-order valence-corrected chi connectivity index (χ3v) is 8.81. The predicted molar refractivity (Wildman–Crippen MR) is 166 cm³/mol. The van der Waals surface area contributed by atoms with Gasteiger partial charge >= 0.3 is 5.97 Å². The smallest absolute Gasteiger partial charge is 0.328 e. The highest BCUT2D eigenvalue weighted by Gasteiger charge is 2.43. The zero-order chi connectivity index (χ0) is 30.1. The van der Waals surface area contributed by atoms with Gasteiger partial charge in [0.25, 0.3) is 10.0 Å². The minimum atomic E-state index is -4.36. The molecule has 0 saturated heterocycles. The number of hydrogen-bond acceptors (Lipinski definition) is 7. The first-order valence-electron chi connectivity index (χ1n) is 12.7. The summed E-state index contributed by atoms with van der Waals surface area (Å²) in [6, 6.07) is 9.68. The highest BCUT2D eigenvalue weighted by Crippen LogP contribution is 2.37. The lowest BCUT2D eigenvalue weighted by atomic mass is 9.86. The number of carboxylic acid groups (broad SMARTS) is 1. The quantitative estimate of drug-likeness (QED) is 0.228. The van der Waals surface area contributed by atoms with Crippen LogP contribution in [0.3, 0.4) is 0 Å². The molecule has 0 aliphatic carbocycles. The Morgan fingerprint density at radius 2 is 1.85 bits per heavy atom. The summed E-state index contributed by atoms with van der Waals surface area (Å²) < 4.78 is 31.4. The summed E-state index contributed by atoms with van der Waals surface area (Å²) in [5.41, 5.74) is 0.00935. The van der Waals surface area contributed by atoms with Gasteiger partial charge in [-0.25, -0.2) is 23.2 Å². The molecule has 2 N–H and O–H groups in total. The highest BCUT2D eigenvalue weighted by atomic mass is 79.9. The summed E-state index contributed by atoms with van der Waals surface area (Å²) in [5.74, 6) is -0.0311. The molecule has 2 heterocycles. The number of nitrogens with zero attached hydrogens (tertiary/aromatic N) is 5. The standard InChI is InChI=1S/C28H32BrClN6O4S/c1-28(2,3)26(27(37)38)36(41(39,40)22-14-19(29)13-20(30)15-22)21-6-7-23-18(12-21)8-10-35(23)25-17-32-24(16-33-25)31-9-11-34(4)5/h6-8,10,12-17,26H,9,11H2,1-5H3,(H,31,32)(H,37,38). The molecule has 218 valence electrons. The van der Waals surface area contributed by atoms with Crippen LogP contribution in [-0.2, 0) is 14.8 Å². The van der Waals surface area contributed by atoms with Gasteiger partial charge in [0, 0.05) is 34.2 Å². The Balaban J connectivity index is 1.77. The molecule has 1 atom stereocenters. The van der Waals surface area contributed by atoms with Crippen molar-refractivity contribution in [2.75, 3.05) is 36.8 Å². The molecule has 4 aromatic rings. The van der Waals surface area contributed by atoms with Gasteiger partial charge in [-0.15, -0.1) is 0 Å². The van der Waals surface area contributed by atoms with Crippen molar-refractivity contribution in [3.8, 4) is 5.82 Å². The Kier molecular flexibility index (Phi) is 8.98. The molecule has 0 saturated carbocycles. The van der Waals surface area contributed by atoms with Crippen molar-refractivity contribution in [3.05, 3.63) is 70.6 Å². The van der Waals surface area contributed by atoms with E-state index in [4.69, 9.17) is 11.6 Å². The molecule has 0 spiro atoms. The number of fused-ring (bicyclic) bond motifs is 1. The first kappa shape index (κ1) is 30.8. The maximum atomic E-state index is 14.1. The van der Waals surface area contributed by atoms with Gasteiger partial charge in [-0.1, -0.05) is 48.3 Å². The topological polar surface area (TPSA) is 121 Å². The van der Waals surface area contributed by atoms with Crippen molar-refractivity contribution in [1.29, 1.82) is 0 Å². The van der Waals surface area contributed by atoms with Crippen LogP contribution in [0.2, 0.25) is 5.02 Å². The number of aromatic nitrogens is 3. The van der Waals surface area contributed by atoms with E-state index in [9.17, 15) is 18.3 Å². The van der Waals surface area contributed by atoms with Crippen LogP contribution in [-0.4, -0.2) is 72.2 Å². The molecule has 1 unspecified atom stereocenters. The number of halogens is 2. The summed E-state index contributed by atoms with van der Waals surface area (Å²) in [6.45, 7) is 6.65. The average Bonchev–Trinajstić information content (AvgIpc) is 3.29. The summed E-state index contributed by atoms with van der Waals surface area (Å²) in [5, 5.41) is 14.4. The normalized spacial score (nSPS) is 13.0. The van der Waals surface area contributed by atoms with E-state index in [2.05, 4.69) is 36.1 Å². The summed E-state index contributed by atoms with van der Waals surface area (Å²) in [7, 11) is -0.370. The van der Waals surface area contributed by atoms with E-state index in [-0.39, 0.29) is 15.6 Å². The Morgan fingerprint density at radius 3 is 2.44 bits per heavy atom. The molecule has 0 amide bonds. The molecule has 41 heavy (non-hydrogen) atoms. The van der Waals surface area contributed by atoms with Crippen LogP contribution in [0.25, 0.3) is 16.7 Å². The number of sulfonamides is 1. The molecular formula is C28H32BrClN6O4S. The lowest BCUT2D eigenvalue weighted by molar-refractivity contribution is -0.140. The molecule has 0 fully saturated rings. The minimum Gasteiger partial charge on any atom is -0.480 e. The zero-order valence-electron chi connectivity index (χ0n) is 23.3. The maximum absolute atomic E-state index is 14.1. The second-order valence-electron chi connectivity index (χ2n) is 10.9. The highest BCUT2D eigenvalue weighted by molar-refractivity contribution is 9.10. The Labute approximate surface area is 253 Å². The molecule has 2 aromatic carbocycles. The van der Waals surface area contributed by atoms with E-state index in [1.54, 1.807) is 57.4 Å². The molecule has 13 heteroatoms. The van der Waals surface area contributed by atoms with Crippen LogP contribution in [0, 0.1) is 5.41 Å². The molecule has 4 rings (SSSR count). The fraction of sp³-hybridized carbons (Fsp3) is 0.321. The summed E-state index contributed by atoms with van der Waals surface area (Å²) >= 11 is 9.47. The minimum absolute atomic E-state index is 0.125. The molecule has 0 aliphatic rings. The van der Waals surface area contributed by atoms with E-state index < -0.39 is 27.4 Å². The molecule has 10 nitrogen and oxygen atoms in total. The Morgan fingerprint density at radius 1 is 1.12 bits per heavy atom. The van der Waals surface area contributed by atoms with Crippen LogP contribution >= 0.6 is 27.5 Å². The van der Waals surface area contributed by atoms with Gasteiger partial charge in [-0.2, -0.15) is 0 Å². The van der Waals surface area contributed by atoms with Crippen molar-refractivity contribution in [2.45, 2.75) is 31.7 Å². The average molecular weight is 664 g/mol. The third kappa shape index (κ3) is 6.83. The SMILES string of the molecule is CN(C)CCNc1cnc(-n2ccc3cc(N(C(C(=O)O)C(C)(C)C)S(=O)(=O)c4cc(Cl)cc(Br)c4)ccc32)cn1. The number of carbonyl (C=O) groups is 1. The molecule has 2 aromatic heterocycles. The van der Waals surface area contributed by atoms with E-state index >= 15 is 0 Å². The van der Waals surface area contributed by atoms with Crippen LogP contribution in [0.1, 0.15) is 20.8 Å². The van der Waals surface area contributed by atoms with E-state index in [0.717, 1.165) is 22.9 Å². The van der Waals surface area contributed by atoms with E-state index in [1.165, 1.54) is 12.1 Å². The molecule has 0 bridgehead atoms. The van der Waals surface area contributed by atoms with Gasteiger partial charge in [0.15, 0.2) is 5.82 Å². The Hall–Kier alpha value is -3.19. The third-order valence-electron chi connectivity index (χ3n) is 6.36. The van der Waals surface area contributed by atoms with Crippen molar-refractivity contribution in [2.24, 2.45) is 5.41 Å². The van der Waals surface area contributed by atoms with Crippen molar-refractivity contribution in [3.63, 3.8) is 0 Å². The van der Waals surface area contributed by atoms with Crippen molar-refractivity contribution >= 4 is 65.9 Å². The van der Waals surface area contributed by atoms with Crippen LogP contribution in [0.4, 0.5) is 11.5 Å². The number of hydrogen-bond donors (Lipinski definition) is 2. The Bertz CT molecular complexity index is 1650. The van der Waals surface area contributed by atoms with Gasteiger partial charge in [0.05, 0.1) is 28.5 Å². The van der Waals surface area contributed by atoms with Gasteiger partial charge in [0.1, 0.15) is 11.9 Å². The number of anilines is 2.